The molecule has 2 aromatic rings. The molecule has 0 saturated carbocycles. The molecule has 1 N–H and O–H groups in total. The van der Waals surface area contributed by atoms with Crippen molar-refractivity contribution < 1.29 is 4.79 Å². The van der Waals surface area contributed by atoms with E-state index in [1.54, 1.807) is 22.9 Å². The van der Waals surface area contributed by atoms with Crippen molar-refractivity contribution >= 4 is 57.4 Å². The highest BCUT2D eigenvalue weighted by Gasteiger charge is 2.14. The first kappa shape index (κ1) is 14.7. The van der Waals surface area contributed by atoms with Gasteiger partial charge in [0.15, 0.2) is 0 Å². The van der Waals surface area contributed by atoms with E-state index in [4.69, 9.17) is 23.2 Å². The van der Waals surface area contributed by atoms with Gasteiger partial charge in [0.25, 0.3) is 5.91 Å². The summed E-state index contributed by atoms with van der Waals surface area (Å²) in [6.45, 7) is 2.63. The second-order valence-corrected chi connectivity index (χ2v) is 6.00. The second-order valence-electron chi connectivity index (χ2n) is 3.91. The van der Waals surface area contributed by atoms with E-state index < -0.39 is 0 Å². The Labute approximate surface area is 135 Å². The third-order valence-electron chi connectivity index (χ3n) is 2.61. The van der Waals surface area contributed by atoms with Crippen LogP contribution in [0.3, 0.4) is 0 Å². The predicted octanol–water partition coefficient (Wildman–Crippen LogP) is 4.67. The molecule has 0 saturated heterocycles. The number of aryl methyl sites for hydroxylation is 1. The van der Waals surface area contributed by atoms with E-state index >= 15 is 0 Å². The van der Waals surface area contributed by atoms with Crippen molar-refractivity contribution in [3.8, 4) is 0 Å². The summed E-state index contributed by atoms with van der Waals surface area (Å²) < 4.78 is 2.79. The topological polar surface area (TPSA) is 34.0 Å². The van der Waals surface area contributed by atoms with E-state index in [0.29, 0.717) is 28.0 Å². The van der Waals surface area contributed by atoms with Crippen molar-refractivity contribution in [2.75, 3.05) is 5.32 Å². The Bertz CT molecular complexity index is 625. The van der Waals surface area contributed by atoms with Crippen LogP contribution in [0.25, 0.3) is 0 Å². The van der Waals surface area contributed by atoms with Gasteiger partial charge in [0.2, 0.25) is 0 Å². The Morgan fingerprint density at radius 3 is 2.79 bits per heavy atom. The average Bonchev–Trinajstić information content (AvgIpc) is 2.75. The van der Waals surface area contributed by atoms with E-state index in [1.807, 2.05) is 19.1 Å². The number of carbonyl (C=O) groups is 1. The molecule has 100 valence electrons. The number of nitrogens with one attached hydrogen (secondary N) is 1. The highest BCUT2D eigenvalue weighted by molar-refractivity contribution is 14.1. The maximum absolute atomic E-state index is 12.2. The molecule has 0 bridgehead atoms. The van der Waals surface area contributed by atoms with Crippen molar-refractivity contribution in [3.63, 3.8) is 0 Å². The highest BCUT2D eigenvalue weighted by atomic mass is 127. The Kier molecular flexibility index (Phi) is 4.76. The molecule has 0 aliphatic rings. The lowest BCUT2D eigenvalue weighted by molar-refractivity contribution is 0.101. The average molecular weight is 409 g/mol. The van der Waals surface area contributed by atoms with E-state index in [9.17, 15) is 4.79 Å². The van der Waals surface area contributed by atoms with Crippen molar-refractivity contribution in [2.24, 2.45) is 0 Å². The molecule has 0 aliphatic carbocycles. The standard InChI is InChI=1S/C13H11Cl2IN2O/c1-2-18-7-8(14)5-12(18)13(19)17-11-6-9(16)3-4-10(11)15/h3-7H,2H2,1H3,(H,17,19). The number of benzene rings is 1. The van der Waals surface area contributed by atoms with Crippen LogP contribution in [0.4, 0.5) is 5.69 Å². The predicted molar refractivity (Wildman–Crippen MR) is 87.2 cm³/mol. The number of nitrogens with zero attached hydrogens (tertiary/aromatic N) is 1. The SMILES string of the molecule is CCn1cc(Cl)cc1C(=O)Nc1cc(I)ccc1Cl. The van der Waals surface area contributed by atoms with Crippen molar-refractivity contribution in [3.05, 3.63) is 49.8 Å². The zero-order valence-electron chi connectivity index (χ0n) is 10.1. The summed E-state index contributed by atoms with van der Waals surface area (Å²) in [4.78, 5) is 12.2. The summed E-state index contributed by atoms with van der Waals surface area (Å²) in [5.74, 6) is -0.224. The summed E-state index contributed by atoms with van der Waals surface area (Å²) in [5, 5.41) is 3.85. The van der Waals surface area contributed by atoms with Gasteiger partial charge in [-0.05, 0) is 53.8 Å². The summed E-state index contributed by atoms with van der Waals surface area (Å²) >= 11 is 14.1. The Morgan fingerprint density at radius 1 is 1.37 bits per heavy atom. The molecule has 2 rings (SSSR count). The molecule has 0 spiro atoms. The van der Waals surface area contributed by atoms with Gasteiger partial charge < -0.3 is 9.88 Å². The molecule has 0 atom stereocenters. The third-order valence-corrected chi connectivity index (χ3v) is 3.82. The number of amides is 1. The first-order valence-electron chi connectivity index (χ1n) is 5.63. The Balaban J connectivity index is 2.27. The molecule has 1 aromatic carbocycles. The quantitative estimate of drug-likeness (QED) is 0.735. The van der Waals surface area contributed by atoms with Crippen LogP contribution in [0.1, 0.15) is 17.4 Å². The summed E-state index contributed by atoms with van der Waals surface area (Å²) in [6.07, 6.45) is 1.73. The van der Waals surface area contributed by atoms with E-state index in [1.165, 1.54) is 0 Å². The number of anilines is 1. The van der Waals surface area contributed by atoms with Gasteiger partial charge in [-0.25, -0.2) is 0 Å². The Morgan fingerprint density at radius 2 is 2.11 bits per heavy atom. The van der Waals surface area contributed by atoms with Crippen LogP contribution < -0.4 is 5.32 Å². The lowest BCUT2D eigenvalue weighted by Crippen LogP contribution is -2.16. The third kappa shape index (κ3) is 3.43. The maximum Gasteiger partial charge on any atom is 0.272 e. The van der Waals surface area contributed by atoms with Crippen molar-refractivity contribution in [1.29, 1.82) is 0 Å². The molecular formula is C13H11Cl2IN2O. The van der Waals surface area contributed by atoms with Crippen molar-refractivity contribution in [1.82, 2.24) is 4.57 Å². The molecule has 1 amide bonds. The van der Waals surface area contributed by atoms with Crippen LogP contribution in [0, 0.1) is 3.57 Å². The van der Waals surface area contributed by atoms with Crippen LogP contribution in [0.2, 0.25) is 10.0 Å². The van der Waals surface area contributed by atoms with Gasteiger partial charge in [0, 0.05) is 16.3 Å². The molecule has 0 radical (unpaired) electrons. The number of carbonyl (C=O) groups excluding carboxylic acids is 1. The molecule has 19 heavy (non-hydrogen) atoms. The first-order valence-corrected chi connectivity index (χ1v) is 7.46. The number of aromatic nitrogens is 1. The zero-order valence-corrected chi connectivity index (χ0v) is 13.8. The summed E-state index contributed by atoms with van der Waals surface area (Å²) in [6, 6.07) is 7.10. The van der Waals surface area contributed by atoms with E-state index in [2.05, 4.69) is 27.9 Å². The van der Waals surface area contributed by atoms with Gasteiger partial charge in [-0.3, -0.25) is 4.79 Å². The largest absolute Gasteiger partial charge is 0.342 e. The van der Waals surface area contributed by atoms with Crippen molar-refractivity contribution in [2.45, 2.75) is 13.5 Å². The fourth-order valence-electron chi connectivity index (χ4n) is 1.71. The fourth-order valence-corrected chi connectivity index (χ4v) is 2.58. The zero-order chi connectivity index (χ0) is 14.0. The van der Waals surface area contributed by atoms with Gasteiger partial charge in [-0.15, -0.1) is 0 Å². The smallest absolute Gasteiger partial charge is 0.272 e. The molecule has 3 nitrogen and oxygen atoms in total. The normalized spacial score (nSPS) is 10.5. The number of halogens is 3. The monoisotopic (exact) mass is 408 g/mol. The van der Waals surface area contributed by atoms with Gasteiger partial charge in [-0.1, -0.05) is 23.2 Å². The fraction of sp³-hybridized carbons (Fsp3) is 0.154. The Hall–Kier alpha value is -0.720. The highest BCUT2D eigenvalue weighted by Crippen LogP contribution is 2.25. The maximum atomic E-state index is 12.2. The number of rotatable bonds is 3. The second kappa shape index (κ2) is 6.15. The lowest BCUT2D eigenvalue weighted by Gasteiger charge is -2.09. The summed E-state index contributed by atoms with van der Waals surface area (Å²) in [7, 11) is 0. The van der Waals surface area contributed by atoms with Crippen LogP contribution in [0.15, 0.2) is 30.5 Å². The molecular weight excluding hydrogens is 398 g/mol. The van der Waals surface area contributed by atoms with Crippen LogP contribution in [-0.2, 0) is 6.54 Å². The molecule has 6 heteroatoms. The van der Waals surface area contributed by atoms with Gasteiger partial charge >= 0.3 is 0 Å². The minimum absolute atomic E-state index is 0.224. The molecule has 0 unspecified atom stereocenters. The lowest BCUT2D eigenvalue weighted by atomic mass is 10.3. The molecule has 0 fully saturated rings. The van der Waals surface area contributed by atoms with Crippen LogP contribution >= 0.6 is 45.8 Å². The van der Waals surface area contributed by atoms with Crippen LogP contribution in [-0.4, -0.2) is 10.5 Å². The minimum atomic E-state index is -0.224. The van der Waals surface area contributed by atoms with Gasteiger partial charge in [-0.2, -0.15) is 0 Å². The number of hydrogen-bond donors (Lipinski definition) is 1. The van der Waals surface area contributed by atoms with Gasteiger partial charge in [0.05, 0.1) is 15.7 Å². The number of hydrogen-bond acceptors (Lipinski definition) is 1. The molecule has 0 aliphatic heterocycles. The van der Waals surface area contributed by atoms with Crippen LogP contribution in [0.5, 0.6) is 0 Å². The minimum Gasteiger partial charge on any atom is -0.342 e. The van der Waals surface area contributed by atoms with Gasteiger partial charge in [0.1, 0.15) is 5.69 Å². The first-order chi connectivity index (χ1) is 9.01. The summed E-state index contributed by atoms with van der Waals surface area (Å²) in [5.41, 5.74) is 1.11. The van der Waals surface area contributed by atoms with E-state index in [0.717, 1.165) is 3.57 Å². The molecule has 1 aromatic heterocycles. The molecule has 1 heterocycles. The van der Waals surface area contributed by atoms with E-state index in [-0.39, 0.29) is 5.91 Å².